The third-order valence-electron chi connectivity index (χ3n) is 2.61. The molecule has 0 spiro atoms. The first-order valence-corrected chi connectivity index (χ1v) is 5.40. The largest absolute Gasteiger partial charge is 0.391 e. The molecule has 1 aliphatic rings. The van der Waals surface area contributed by atoms with Gasteiger partial charge in [-0.05, 0) is 6.07 Å². The molecule has 18 heavy (non-hydrogen) atoms. The minimum atomic E-state index is -0.931. The Labute approximate surface area is 106 Å². The number of rotatable bonds is 2. The molecule has 1 aromatic carbocycles. The van der Waals surface area contributed by atoms with E-state index in [0.717, 1.165) is 11.0 Å². The predicted octanol–water partition coefficient (Wildman–Crippen LogP) is 1.48. The molecule has 1 N–H and O–H groups in total. The van der Waals surface area contributed by atoms with E-state index in [-0.39, 0.29) is 23.7 Å². The van der Waals surface area contributed by atoms with Crippen LogP contribution in [-0.4, -0.2) is 28.6 Å². The van der Waals surface area contributed by atoms with Crippen LogP contribution >= 0.6 is 11.6 Å². The van der Waals surface area contributed by atoms with Crippen molar-refractivity contribution in [1.29, 1.82) is 0 Å². The van der Waals surface area contributed by atoms with Crippen molar-refractivity contribution in [3.8, 4) is 0 Å². The number of benzene rings is 1. The van der Waals surface area contributed by atoms with Crippen molar-refractivity contribution in [2.24, 2.45) is 0 Å². The average molecular weight is 275 g/mol. The van der Waals surface area contributed by atoms with Gasteiger partial charge in [-0.2, -0.15) is 0 Å². The maximum Gasteiger partial charge on any atom is 0.295 e. The molecule has 1 saturated heterocycles. The molecule has 1 atom stereocenters. The summed E-state index contributed by atoms with van der Waals surface area (Å²) in [5.41, 5.74) is -0.660. The molecule has 1 unspecified atom stereocenters. The molecule has 1 heterocycles. The summed E-state index contributed by atoms with van der Waals surface area (Å²) in [5, 5.41) is 19.9. The van der Waals surface area contributed by atoms with Crippen LogP contribution in [0.4, 0.5) is 15.8 Å². The highest BCUT2D eigenvalue weighted by Gasteiger charge is 2.34. The van der Waals surface area contributed by atoms with Gasteiger partial charge < -0.3 is 10.0 Å². The zero-order valence-electron chi connectivity index (χ0n) is 8.97. The minimum Gasteiger partial charge on any atom is -0.391 e. The van der Waals surface area contributed by atoms with Crippen molar-refractivity contribution in [3.05, 3.63) is 33.1 Å². The number of nitrogens with zero attached hydrogens (tertiary/aromatic N) is 2. The molecule has 8 heteroatoms. The summed E-state index contributed by atoms with van der Waals surface area (Å²) in [4.78, 5) is 22.6. The fourth-order valence-corrected chi connectivity index (χ4v) is 1.97. The van der Waals surface area contributed by atoms with Crippen molar-refractivity contribution in [3.63, 3.8) is 0 Å². The molecule has 0 radical (unpaired) electrons. The summed E-state index contributed by atoms with van der Waals surface area (Å²) < 4.78 is 13.2. The van der Waals surface area contributed by atoms with Crippen molar-refractivity contribution in [1.82, 2.24) is 0 Å². The van der Waals surface area contributed by atoms with Gasteiger partial charge in [0.1, 0.15) is 11.5 Å². The van der Waals surface area contributed by atoms with Crippen LogP contribution in [0.15, 0.2) is 12.1 Å². The monoisotopic (exact) mass is 274 g/mol. The lowest BCUT2D eigenvalue weighted by molar-refractivity contribution is -0.384. The van der Waals surface area contributed by atoms with E-state index in [4.69, 9.17) is 11.6 Å². The van der Waals surface area contributed by atoms with Crippen LogP contribution in [0, 0.1) is 15.9 Å². The third-order valence-corrected chi connectivity index (χ3v) is 2.90. The molecule has 96 valence electrons. The summed E-state index contributed by atoms with van der Waals surface area (Å²) in [7, 11) is 0. The second kappa shape index (κ2) is 4.51. The van der Waals surface area contributed by atoms with Gasteiger partial charge in [-0.15, -0.1) is 0 Å². The van der Waals surface area contributed by atoms with E-state index in [1.54, 1.807) is 0 Å². The Kier molecular flexibility index (Phi) is 3.18. The highest BCUT2D eigenvalue weighted by molar-refractivity contribution is 6.31. The van der Waals surface area contributed by atoms with E-state index in [2.05, 4.69) is 0 Å². The number of aliphatic hydroxyl groups excluding tert-OH is 1. The Morgan fingerprint density at radius 3 is 2.72 bits per heavy atom. The summed E-state index contributed by atoms with van der Waals surface area (Å²) >= 11 is 5.55. The number of β-amino-alcohol motifs (C(OH)–C–C–N with tert-alkyl or cyclic N) is 1. The van der Waals surface area contributed by atoms with Crippen LogP contribution in [0.3, 0.4) is 0 Å². The fraction of sp³-hybridized carbons (Fsp3) is 0.300. The lowest BCUT2D eigenvalue weighted by atomic mass is 10.2. The van der Waals surface area contributed by atoms with Crippen LogP contribution < -0.4 is 4.90 Å². The van der Waals surface area contributed by atoms with Gasteiger partial charge >= 0.3 is 0 Å². The molecule has 1 amide bonds. The van der Waals surface area contributed by atoms with E-state index < -0.39 is 28.4 Å². The number of carbonyl (C=O) groups is 1. The van der Waals surface area contributed by atoms with Crippen LogP contribution in [0.5, 0.6) is 0 Å². The Morgan fingerprint density at radius 1 is 1.56 bits per heavy atom. The third kappa shape index (κ3) is 2.14. The first-order valence-electron chi connectivity index (χ1n) is 5.02. The van der Waals surface area contributed by atoms with Gasteiger partial charge in [-0.3, -0.25) is 14.9 Å². The van der Waals surface area contributed by atoms with Gasteiger partial charge in [0.2, 0.25) is 5.91 Å². The summed E-state index contributed by atoms with van der Waals surface area (Å²) in [6.07, 6.45) is -1.01. The van der Waals surface area contributed by atoms with Crippen molar-refractivity contribution in [2.75, 3.05) is 11.4 Å². The van der Waals surface area contributed by atoms with Crippen LogP contribution in [0.1, 0.15) is 6.42 Å². The predicted molar refractivity (Wildman–Crippen MR) is 61.0 cm³/mol. The Morgan fingerprint density at radius 2 is 2.22 bits per heavy atom. The second-order valence-electron chi connectivity index (χ2n) is 3.87. The topological polar surface area (TPSA) is 83.7 Å². The molecular formula is C10H8ClFN2O4. The summed E-state index contributed by atoms with van der Waals surface area (Å²) in [6, 6.07) is 1.68. The second-order valence-corrected chi connectivity index (χ2v) is 4.28. The van der Waals surface area contributed by atoms with Crippen molar-refractivity contribution in [2.45, 2.75) is 12.5 Å². The first-order chi connectivity index (χ1) is 8.40. The number of aliphatic hydroxyl groups is 1. The highest BCUT2D eigenvalue weighted by atomic mass is 35.5. The fourth-order valence-electron chi connectivity index (χ4n) is 1.81. The Balaban J connectivity index is 2.52. The van der Waals surface area contributed by atoms with Crippen LogP contribution in [-0.2, 0) is 4.79 Å². The summed E-state index contributed by atoms with van der Waals surface area (Å²) in [5.74, 6) is -1.40. The van der Waals surface area contributed by atoms with E-state index in [0.29, 0.717) is 6.07 Å². The highest BCUT2D eigenvalue weighted by Crippen LogP contribution is 2.35. The number of amides is 1. The van der Waals surface area contributed by atoms with E-state index in [1.807, 2.05) is 0 Å². The standard InChI is InChI=1S/C10H8ClFN2O4/c11-6-2-8(9(14(17)18)3-7(6)12)13-4-5(15)1-10(13)16/h2-3,5,15H,1,4H2. The zero-order chi connectivity index (χ0) is 13.4. The average Bonchev–Trinajstić information content (AvgIpc) is 2.61. The van der Waals surface area contributed by atoms with Crippen molar-refractivity contribution < 1.29 is 19.2 Å². The molecule has 1 aromatic rings. The van der Waals surface area contributed by atoms with Crippen molar-refractivity contribution >= 4 is 28.9 Å². The molecule has 0 saturated carbocycles. The van der Waals surface area contributed by atoms with Gasteiger partial charge in [0, 0.05) is 0 Å². The lowest BCUT2D eigenvalue weighted by Gasteiger charge is -2.16. The van der Waals surface area contributed by atoms with Gasteiger partial charge in [-0.1, -0.05) is 11.6 Å². The van der Waals surface area contributed by atoms with Gasteiger partial charge in [0.05, 0.1) is 35.1 Å². The number of halogens is 2. The smallest absolute Gasteiger partial charge is 0.295 e. The molecule has 6 nitrogen and oxygen atoms in total. The normalized spacial score (nSPS) is 19.4. The molecule has 0 aromatic heterocycles. The number of anilines is 1. The van der Waals surface area contributed by atoms with Gasteiger partial charge in [-0.25, -0.2) is 4.39 Å². The number of nitro benzene ring substituents is 1. The zero-order valence-corrected chi connectivity index (χ0v) is 9.72. The van der Waals surface area contributed by atoms with Crippen LogP contribution in [0.25, 0.3) is 0 Å². The lowest BCUT2D eigenvalue weighted by Crippen LogP contribution is -2.26. The van der Waals surface area contributed by atoms with Gasteiger partial charge in [0.25, 0.3) is 5.69 Å². The quantitative estimate of drug-likeness (QED) is 0.654. The molecular weight excluding hydrogens is 267 g/mol. The molecule has 1 fully saturated rings. The van der Waals surface area contributed by atoms with E-state index >= 15 is 0 Å². The maximum atomic E-state index is 13.2. The molecule has 1 aliphatic heterocycles. The number of hydrogen-bond donors (Lipinski definition) is 1. The molecule has 0 aliphatic carbocycles. The number of hydrogen-bond acceptors (Lipinski definition) is 4. The maximum absolute atomic E-state index is 13.2. The van der Waals surface area contributed by atoms with Gasteiger partial charge in [0.15, 0.2) is 0 Å². The van der Waals surface area contributed by atoms with E-state index in [1.165, 1.54) is 0 Å². The Bertz CT molecular complexity index is 537. The minimum absolute atomic E-state index is 0.0678. The first kappa shape index (κ1) is 12.7. The van der Waals surface area contributed by atoms with E-state index in [9.17, 15) is 24.4 Å². The molecule has 0 bridgehead atoms. The summed E-state index contributed by atoms with van der Waals surface area (Å²) in [6.45, 7) is -0.0678. The SMILES string of the molecule is O=C1CC(O)CN1c1cc(Cl)c(F)cc1[N+](=O)[O-]. The molecule has 2 rings (SSSR count). The van der Waals surface area contributed by atoms with Crippen LogP contribution in [0.2, 0.25) is 5.02 Å². The number of carbonyl (C=O) groups excluding carboxylic acids is 1. The Hall–Kier alpha value is -1.73. The number of nitro groups is 1.